The largest absolute Gasteiger partial charge is 0.468 e. The van der Waals surface area contributed by atoms with E-state index in [2.05, 4.69) is 10.1 Å². The van der Waals surface area contributed by atoms with Gasteiger partial charge in [-0.3, -0.25) is 9.59 Å². The molecule has 0 radical (unpaired) electrons. The lowest BCUT2D eigenvalue weighted by Gasteiger charge is -2.15. The van der Waals surface area contributed by atoms with Gasteiger partial charge in [0, 0.05) is 12.4 Å². The Kier molecular flexibility index (Phi) is 6.88. The zero-order chi connectivity index (χ0) is 23.8. The fourth-order valence-corrected chi connectivity index (χ4v) is 4.96. The molecule has 1 N–H and O–H groups in total. The van der Waals surface area contributed by atoms with Crippen LogP contribution in [-0.2, 0) is 26.4 Å². The summed E-state index contributed by atoms with van der Waals surface area (Å²) in [4.78, 5) is 24.2. The molecule has 1 heterocycles. The minimum absolute atomic E-state index is 0.000695. The first-order valence-electron chi connectivity index (χ1n) is 9.60. The topological polar surface area (TPSA) is 94.5 Å². The third-order valence-electron chi connectivity index (χ3n) is 5.26. The van der Waals surface area contributed by atoms with Crippen molar-refractivity contribution in [1.29, 1.82) is 0 Å². The molecule has 0 aliphatic heterocycles. The highest BCUT2D eigenvalue weighted by Crippen LogP contribution is 2.35. The molecule has 1 aromatic heterocycles. The molecule has 0 unspecified atom stereocenters. The molecule has 0 aliphatic carbocycles. The summed E-state index contributed by atoms with van der Waals surface area (Å²) in [5.74, 6) is -1.88. The maximum absolute atomic E-state index is 12.9. The zero-order valence-electron chi connectivity index (χ0n) is 17.9. The van der Waals surface area contributed by atoms with Crippen molar-refractivity contribution >= 4 is 55.8 Å². The van der Waals surface area contributed by atoms with E-state index < -0.39 is 27.6 Å². The molecule has 10 heteroatoms. The van der Waals surface area contributed by atoms with Crippen LogP contribution in [0.4, 0.5) is 0 Å². The average Bonchev–Trinajstić information content (AvgIpc) is 3.08. The summed E-state index contributed by atoms with van der Waals surface area (Å²) in [6.07, 6.45) is 0. The summed E-state index contributed by atoms with van der Waals surface area (Å²) < 4.78 is 30.7. The Labute approximate surface area is 196 Å². The SMILES string of the molecule is COC(=O)CS(=O)(=O)c1ccc([C@@H](C)NC(=O)c2cc3c(Cl)c(Cl)c(C)cc3n2C)cc1. The molecule has 3 aromatic rings. The minimum Gasteiger partial charge on any atom is -0.468 e. The number of aromatic nitrogens is 1. The Morgan fingerprint density at radius 1 is 1.12 bits per heavy atom. The average molecular weight is 497 g/mol. The standard InChI is InChI=1S/C22H22Cl2N2O5S/c1-12-9-17-16(21(24)20(12)23)10-18(26(17)3)22(28)25-13(2)14-5-7-15(8-6-14)32(29,30)11-19(27)31-4/h5-10,13H,11H2,1-4H3,(H,25,28)/t13-/m1/s1. The van der Waals surface area contributed by atoms with Crippen LogP contribution in [0.2, 0.25) is 10.0 Å². The van der Waals surface area contributed by atoms with Gasteiger partial charge in [0.25, 0.3) is 5.91 Å². The molecule has 0 aliphatic rings. The Morgan fingerprint density at radius 2 is 1.75 bits per heavy atom. The molecular weight excluding hydrogens is 475 g/mol. The van der Waals surface area contributed by atoms with E-state index in [0.29, 0.717) is 26.7 Å². The van der Waals surface area contributed by atoms with Crippen LogP contribution in [0, 0.1) is 6.92 Å². The van der Waals surface area contributed by atoms with Crippen LogP contribution in [0.1, 0.15) is 34.6 Å². The number of nitrogens with zero attached hydrogens (tertiary/aromatic N) is 1. The first-order chi connectivity index (χ1) is 15.0. The fraction of sp³-hybridized carbons (Fsp3) is 0.273. The third-order valence-corrected chi connectivity index (χ3v) is 7.85. The number of halogens is 2. The summed E-state index contributed by atoms with van der Waals surface area (Å²) in [7, 11) is -0.900. The van der Waals surface area contributed by atoms with Crippen LogP contribution < -0.4 is 5.32 Å². The number of fused-ring (bicyclic) bond motifs is 1. The summed E-state index contributed by atoms with van der Waals surface area (Å²) in [6.45, 7) is 3.63. The van der Waals surface area contributed by atoms with Gasteiger partial charge in [-0.15, -0.1) is 0 Å². The highest BCUT2D eigenvalue weighted by atomic mass is 35.5. The molecule has 3 rings (SSSR count). The normalized spacial score (nSPS) is 12.6. The number of ether oxygens (including phenoxy) is 1. The molecule has 32 heavy (non-hydrogen) atoms. The van der Waals surface area contributed by atoms with Crippen molar-refractivity contribution in [3.05, 3.63) is 63.3 Å². The fourth-order valence-electron chi connectivity index (χ4n) is 3.36. The van der Waals surface area contributed by atoms with Crippen LogP contribution in [0.3, 0.4) is 0 Å². The van der Waals surface area contributed by atoms with Crippen LogP contribution in [-0.4, -0.2) is 37.7 Å². The molecule has 0 bridgehead atoms. The second-order valence-corrected chi connectivity index (χ2v) is 10.2. The van der Waals surface area contributed by atoms with Crippen molar-refractivity contribution in [3.8, 4) is 0 Å². The Balaban J connectivity index is 1.81. The number of esters is 1. The van der Waals surface area contributed by atoms with Crippen LogP contribution >= 0.6 is 23.2 Å². The molecule has 170 valence electrons. The number of aryl methyl sites for hydroxylation is 2. The van der Waals surface area contributed by atoms with Crippen molar-refractivity contribution < 1.29 is 22.7 Å². The number of methoxy groups -OCH3 is 1. The lowest BCUT2D eigenvalue weighted by molar-refractivity contribution is -0.137. The van der Waals surface area contributed by atoms with E-state index in [1.54, 1.807) is 36.7 Å². The Bertz CT molecular complexity index is 1310. The lowest BCUT2D eigenvalue weighted by atomic mass is 10.1. The first-order valence-corrected chi connectivity index (χ1v) is 12.0. The summed E-state index contributed by atoms with van der Waals surface area (Å²) >= 11 is 12.6. The van der Waals surface area contributed by atoms with Gasteiger partial charge < -0.3 is 14.6 Å². The van der Waals surface area contributed by atoms with E-state index in [1.807, 2.05) is 13.0 Å². The van der Waals surface area contributed by atoms with E-state index in [9.17, 15) is 18.0 Å². The maximum atomic E-state index is 12.9. The lowest BCUT2D eigenvalue weighted by Crippen LogP contribution is -2.28. The van der Waals surface area contributed by atoms with Crippen molar-refractivity contribution in [3.63, 3.8) is 0 Å². The van der Waals surface area contributed by atoms with Gasteiger partial charge in [0.05, 0.1) is 33.6 Å². The number of hydrogen-bond acceptors (Lipinski definition) is 5. The number of benzene rings is 2. The summed E-state index contributed by atoms with van der Waals surface area (Å²) in [5.41, 5.74) is 2.71. The number of nitrogens with one attached hydrogen (secondary N) is 1. The van der Waals surface area contributed by atoms with E-state index in [1.165, 1.54) is 12.1 Å². The van der Waals surface area contributed by atoms with Gasteiger partial charge in [-0.1, -0.05) is 35.3 Å². The second kappa shape index (κ2) is 9.13. The van der Waals surface area contributed by atoms with E-state index in [-0.39, 0.29) is 10.8 Å². The summed E-state index contributed by atoms with van der Waals surface area (Å²) in [5, 5.41) is 4.43. The Morgan fingerprint density at radius 3 is 2.34 bits per heavy atom. The van der Waals surface area contributed by atoms with E-state index >= 15 is 0 Å². The highest BCUT2D eigenvalue weighted by Gasteiger charge is 2.22. The number of amides is 1. The number of carbonyl (C=O) groups excluding carboxylic acids is 2. The van der Waals surface area contributed by atoms with Crippen molar-refractivity contribution in [2.75, 3.05) is 12.9 Å². The van der Waals surface area contributed by atoms with Crippen LogP contribution in [0.5, 0.6) is 0 Å². The molecular formula is C22H22Cl2N2O5S. The zero-order valence-corrected chi connectivity index (χ0v) is 20.2. The number of sulfone groups is 1. The van der Waals surface area contributed by atoms with Gasteiger partial charge in [-0.2, -0.15) is 0 Å². The number of hydrogen-bond donors (Lipinski definition) is 1. The van der Waals surface area contributed by atoms with Crippen LogP contribution in [0.25, 0.3) is 10.9 Å². The quantitative estimate of drug-likeness (QED) is 0.515. The maximum Gasteiger partial charge on any atom is 0.321 e. The van der Waals surface area contributed by atoms with Gasteiger partial charge in [-0.05, 0) is 49.2 Å². The highest BCUT2D eigenvalue weighted by molar-refractivity contribution is 7.92. The molecule has 0 spiro atoms. The van der Waals surface area contributed by atoms with Crippen molar-refractivity contribution in [2.45, 2.75) is 24.8 Å². The van der Waals surface area contributed by atoms with E-state index in [0.717, 1.165) is 18.2 Å². The third kappa shape index (κ3) is 4.62. The van der Waals surface area contributed by atoms with Crippen molar-refractivity contribution in [1.82, 2.24) is 9.88 Å². The van der Waals surface area contributed by atoms with Crippen molar-refractivity contribution in [2.24, 2.45) is 7.05 Å². The molecule has 2 aromatic carbocycles. The van der Waals surface area contributed by atoms with Gasteiger partial charge in [0.15, 0.2) is 15.6 Å². The van der Waals surface area contributed by atoms with Gasteiger partial charge >= 0.3 is 5.97 Å². The molecule has 0 saturated heterocycles. The smallest absolute Gasteiger partial charge is 0.321 e. The predicted octanol–water partition coefficient (Wildman–Crippen LogP) is 4.23. The second-order valence-electron chi connectivity index (χ2n) is 7.44. The van der Waals surface area contributed by atoms with Gasteiger partial charge in [-0.25, -0.2) is 8.42 Å². The number of carbonyl (C=O) groups is 2. The molecule has 7 nitrogen and oxygen atoms in total. The number of rotatable bonds is 6. The Hall–Kier alpha value is -2.55. The molecule has 1 atom stereocenters. The molecule has 0 fully saturated rings. The van der Waals surface area contributed by atoms with Gasteiger partial charge in [0.2, 0.25) is 0 Å². The first kappa shape index (κ1) is 24.1. The van der Waals surface area contributed by atoms with E-state index in [4.69, 9.17) is 23.2 Å². The minimum atomic E-state index is -3.80. The van der Waals surface area contributed by atoms with Crippen LogP contribution in [0.15, 0.2) is 41.3 Å². The predicted molar refractivity (Wildman–Crippen MR) is 124 cm³/mol. The summed E-state index contributed by atoms with van der Waals surface area (Å²) in [6, 6.07) is 9.14. The monoisotopic (exact) mass is 496 g/mol. The van der Waals surface area contributed by atoms with Gasteiger partial charge in [0.1, 0.15) is 5.69 Å². The molecule has 1 amide bonds. The molecule has 0 saturated carbocycles.